The quantitative estimate of drug-likeness (QED) is 0.333. The molecule has 0 atom stereocenters. The third-order valence-corrected chi connectivity index (χ3v) is 6.23. The zero-order chi connectivity index (χ0) is 27.6. The Labute approximate surface area is 221 Å². The maximum absolute atomic E-state index is 13.4. The third-order valence-electron chi connectivity index (χ3n) is 6.23. The lowest BCUT2D eigenvalue weighted by atomic mass is 10.1. The van der Waals surface area contributed by atoms with E-state index in [1.54, 1.807) is 12.3 Å². The Morgan fingerprint density at radius 3 is 2.44 bits per heavy atom. The van der Waals surface area contributed by atoms with Crippen LogP contribution in [0.2, 0.25) is 0 Å². The van der Waals surface area contributed by atoms with Crippen molar-refractivity contribution >= 4 is 40.1 Å². The summed E-state index contributed by atoms with van der Waals surface area (Å²) in [5.74, 6) is 0.408. The number of nitrogens with zero attached hydrogens (tertiary/aromatic N) is 5. The van der Waals surface area contributed by atoms with E-state index >= 15 is 0 Å². The lowest BCUT2D eigenvalue weighted by Gasteiger charge is -2.17. The molecule has 2 N–H and O–H groups in total. The van der Waals surface area contributed by atoms with Crippen LogP contribution < -0.4 is 25.0 Å². The number of alkyl halides is 3. The molecule has 4 aromatic rings. The van der Waals surface area contributed by atoms with Gasteiger partial charge in [0.2, 0.25) is 5.95 Å². The number of anilines is 4. The molecule has 1 fully saturated rings. The van der Waals surface area contributed by atoms with Crippen molar-refractivity contribution in [2.24, 2.45) is 0 Å². The molecule has 5 rings (SSSR count). The first-order valence-corrected chi connectivity index (χ1v) is 12.0. The molecule has 0 aliphatic carbocycles. The SMILES string of the molecule is COc1ccc(C(=O)Nc2ccc(OC)c(C(F)(F)F)c2)cc1Nc1ncnc2cnc(N3CCCC3)nc12. The second-order valence-electron chi connectivity index (χ2n) is 8.73. The molecule has 0 radical (unpaired) electrons. The van der Waals surface area contributed by atoms with Crippen molar-refractivity contribution in [1.82, 2.24) is 19.9 Å². The van der Waals surface area contributed by atoms with Crippen LogP contribution in [0.4, 0.5) is 36.3 Å². The van der Waals surface area contributed by atoms with Gasteiger partial charge in [0.25, 0.3) is 5.91 Å². The number of methoxy groups -OCH3 is 2. The highest BCUT2D eigenvalue weighted by Crippen LogP contribution is 2.38. The minimum atomic E-state index is -4.65. The topological polar surface area (TPSA) is 114 Å². The van der Waals surface area contributed by atoms with Gasteiger partial charge in [-0.1, -0.05) is 0 Å². The molecule has 0 unspecified atom stereocenters. The maximum atomic E-state index is 13.4. The Bertz CT molecular complexity index is 1520. The number of ether oxygens (including phenoxy) is 2. The number of rotatable bonds is 7. The molecule has 1 amide bonds. The molecule has 0 bridgehead atoms. The highest BCUT2D eigenvalue weighted by Gasteiger charge is 2.34. The number of carbonyl (C=O) groups excluding carboxylic acids is 1. The predicted molar refractivity (Wildman–Crippen MR) is 139 cm³/mol. The van der Waals surface area contributed by atoms with Crippen LogP contribution >= 0.6 is 0 Å². The number of nitrogens with one attached hydrogen (secondary N) is 2. The zero-order valence-corrected chi connectivity index (χ0v) is 21.0. The summed E-state index contributed by atoms with van der Waals surface area (Å²) in [6.45, 7) is 1.73. The van der Waals surface area contributed by atoms with E-state index in [4.69, 9.17) is 9.47 Å². The molecular formula is C26H24F3N7O3. The molecule has 10 nitrogen and oxygen atoms in total. The van der Waals surface area contributed by atoms with E-state index < -0.39 is 17.6 Å². The third kappa shape index (κ3) is 5.47. The minimum Gasteiger partial charge on any atom is -0.496 e. The fourth-order valence-electron chi connectivity index (χ4n) is 4.29. The molecule has 1 saturated heterocycles. The number of carbonyl (C=O) groups is 1. The Kier molecular flexibility index (Phi) is 7.05. The average Bonchev–Trinajstić information content (AvgIpc) is 3.48. The molecule has 1 aliphatic heterocycles. The van der Waals surface area contributed by atoms with Gasteiger partial charge in [0.15, 0.2) is 5.82 Å². The van der Waals surface area contributed by atoms with Crippen LogP contribution in [0.3, 0.4) is 0 Å². The van der Waals surface area contributed by atoms with Gasteiger partial charge in [-0.25, -0.2) is 19.9 Å². The van der Waals surface area contributed by atoms with Gasteiger partial charge in [-0.3, -0.25) is 4.79 Å². The van der Waals surface area contributed by atoms with Crippen molar-refractivity contribution in [3.63, 3.8) is 0 Å². The number of amides is 1. The molecule has 202 valence electrons. The Balaban J connectivity index is 1.44. The summed E-state index contributed by atoms with van der Waals surface area (Å²) in [5.41, 5.74) is 0.565. The van der Waals surface area contributed by atoms with Gasteiger partial charge in [-0.2, -0.15) is 13.2 Å². The van der Waals surface area contributed by atoms with E-state index in [9.17, 15) is 18.0 Å². The number of halogens is 3. The predicted octanol–water partition coefficient (Wildman–Crippen LogP) is 5.05. The van der Waals surface area contributed by atoms with Gasteiger partial charge in [0, 0.05) is 24.3 Å². The van der Waals surface area contributed by atoms with Gasteiger partial charge < -0.3 is 25.0 Å². The summed E-state index contributed by atoms with van der Waals surface area (Å²) < 4.78 is 50.5. The molecule has 3 heterocycles. The summed E-state index contributed by atoms with van der Waals surface area (Å²) in [7, 11) is 2.62. The molecule has 39 heavy (non-hydrogen) atoms. The van der Waals surface area contributed by atoms with Crippen molar-refractivity contribution < 1.29 is 27.4 Å². The molecule has 13 heteroatoms. The lowest BCUT2D eigenvalue weighted by Crippen LogP contribution is -2.20. The first-order chi connectivity index (χ1) is 18.8. The van der Waals surface area contributed by atoms with Crippen molar-refractivity contribution in [2.75, 3.05) is 42.8 Å². The summed E-state index contributed by atoms with van der Waals surface area (Å²) in [6.07, 6.45) is 0.486. The Morgan fingerprint density at radius 2 is 1.72 bits per heavy atom. The average molecular weight is 540 g/mol. The van der Waals surface area contributed by atoms with E-state index in [0.717, 1.165) is 45.2 Å². The molecule has 0 saturated carbocycles. The van der Waals surface area contributed by atoms with Crippen LogP contribution in [0.25, 0.3) is 11.0 Å². The van der Waals surface area contributed by atoms with E-state index in [2.05, 4.69) is 35.5 Å². The first-order valence-electron chi connectivity index (χ1n) is 12.0. The highest BCUT2D eigenvalue weighted by atomic mass is 19.4. The minimum absolute atomic E-state index is 0.0358. The summed E-state index contributed by atoms with van der Waals surface area (Å²) in [5, 5.41) is 5.66. The van der Waals surface area contributed by atoms with E-state index in [1.165, 1.54) is 31.6 Å². The number of fused-ring (bicyclic) bond motifs is 1. The fraction of sp³-hybridized carbons (Fsp3) is 0.269. The molecular weight excluding hydrogens is 515 g/mol. The zero-order valence-electron chi connectivity index (χ0n) is 21.0. The number of hydrogen-bond donors (Lipinski definition) is 2. The van der Waals surface area contributed by atoms with Gasteiger partial charge >= 0.3 is 6.18 Å². The molecule has 1 aliphatic rings. The van der Waals surface area contributed by atoms with Crippen LogP contribution in [0.5, 0.6) is 11.5 Å². The van der Waals surface area contributed by atoms with Crippen LogP contribution in [0.15, 0.2) is 48.9 Å². The second kappa shape index (κ2) is 10.6. The first kappa shape index (κ1) is 25.9. The maximum Gasteiger partial charge on any atom is 0.420 e. The normalized spacial score (nSPS) is 13.4. The second-order valence-corrected chi connectivity index (χ2v) is 8.73. The van der Waals surface area contributed by atoms with Crippen LogP contribution in [0.1, 0.15) is 28.8 Å². The fourth-order valence-corrected chi connectivity index (χ4v) is 4.29. The van der Waals surface area contributed by atoms with E-state index in [1.807, 2.05) is 0 Å². The van der Waals surface area contributed by atoms with Crippen LogP contribution in [-0.2, 0) is 6.18 Å². The van der Waals surface area contributed by atoms with E-state index in [0.29, 0.717) is 34.2 Å². The summed E-state index contributed by atoms with van der Waals surface area (Å²) in [6, 6.07) is 7.89. The summed E-state index contributed by atoms with van der Waals surface area (Å²) in [4.78, 5) is 32.7. The van der Waals surface area contributed by atoms with Crippen molar-refractivity contribution in [3.05, 3.63) is 60.0 Å². The van der Waals surface area contributed by atoms with Crippen molar-refractivity contribution in [3.8, 4) is 11.5 Å². The monoisotopic (exact) mass is 539 g/mol. The molecule has 0 spiro atoms. The van der Waals surface area contributed by atoms with Crippen LogP contribution in [0, 0.1) is 0 Å². The smallest absolute Gasteiger partial charge is 0.420 e. The molecule has 2 aromatic heterocycles. The molecule has 2 aromatic carbocycles. The standard InChI is InChI=1S/C26H24F3N7O3/c1-38-20-8-6-16(12-17(20)26(27,28)29)33-24(37)15-5-7-21(39-2)18(11-15)34-23-22-19(31-14-32-23)13-30-25(35-22)36-9-3-4-10-36/h5-8,11-14H,3-4,9-10H2,1-2H3,(H,33,37)(H,31,32,34). The van der Waals surface area contributed by atoms with Crippen molar-refractivity contribution in [1.29, 1.82) is 0 Å². The lowest BCUT2D eigenvalue weighted by molar-refractivity contribution is -0.138. The number of benzene rings is 2. The van der Waals surface area contributed by atoms with Gasteiger partial charge in [-0.15, -0.1) is 0 Å². The highest BCUT2D eigenvalue weighted by molar-refractivity contribution is 6.05. The Hall–Kier alpha value is -4.68. The number of aromatic nitrogens is 4. The van der Waals surface area contributed by atoms with Crippen molar-refractivity contribution in [2.45, 2.75) is 19.0 Å². The van der Waals surface area contributed by atoms with Gasteiger partial charge in [0.1, 0.15) is 28.9 Å². The van der Waals surface area contributed by atoms with Crippen LogP contribution in [-0.4, -0.2) is 53.2 Å². The van der Waals surface area contributed by atoms with Gasteiger partial charge in [0.05, 0.1) is 31.7 Å². The Morgan fingerprint density at radius 1 is 0.974 bits per heavy atom. The van der Waals surface area contributed by atoms with E-state index in [-0.39, 0.29) is 17.0 Å². The number of hydrogen-bond acceptors (Lipinski definition) is 9. The summed E-state index contributed by atoms with van der Waals surface area (Å²) >= 11 is 0. The van der Waals surface area contributed by atoms with Gasteiger partial charge in [-0.05, 0) is 49.2 Å². The largest absolute Gasteiger partial charge is 0.496 e.